The average molecular weight is 393 g/mol. The Bertz CT molecular complexity index is 959. The molecule has 138 valence electrons. The molecule has 26 heavy (non-hydrogen) atoms. The topological polar surface area (TPSA) is 57.7 Å². The minimum Gasteiger partial charge on any atom is -0.309 e. The molecular weight excluding hydrogens is 372 g/mol. The maximum Gasteiger partial charge on any atom is 0.243 e. The van der Waals surface area contributed by atoms with Crippen molar-refractivity contribution < 1.29 is 13.2 Å². The van der Waals surface area contributed by atoms with Gasteiger partial charge in [-0.1, -0.05) is 23.7 Å². The number of amides is 1. The van der Waals surface area contributed by atoms with Crippen LogP contribution < -0.4 is 4.90 Å². The smallest absolute Gasteiger partial charge is 0.243 e. The molecule has 0 aliphatic carbocycles. The van der Waals surface area contributed by atoms with Crippen LogP contribution in [0.5, 0.6) is 0 Å². The first-order chi connectivity index (χ1) is 12.2. The van der Waals surface area contributed by atoms with Crippen LogP contribution in [0.3, 0.4) is 0 Å². The van der Waals surface area contributed by atoms with Crippen molar-refractivity contribution in [2.24, 2.45) is 0 Å². The van der Waals surface area contributed by atoms with Crippen molar-refractivity contribution in [2.75, 3.05) is 11.9 Å². The third kappa shape index (κ3) is 3.49. The number of fused-ring (bicyclic) bond motifs is 1. The number of carbonyl (C=O) groups excluding carboxylic acids is 1. The first kappa shape index (κ1) is 18.9. The van der Waals surface area contributed by atoms with E-state index < -0.39 is 10.0 Å². The van der Waals surface area contributed by atoms with E-state index in [1.807, 2.05) is 13.0 Å². The van der Waals surface area contributed by atoms with E-state index >= 15 is 0 Å². The second-order valence-electron chi connectivity index (χ2n) is 6.62. The highest BCUT2D eigenvalue weighted by Gasteiger charge is 2.31. The summed E-state index contributed by atoms with van der Waals surface area (Å²) < 4.78 is 27.2. The van der Waals surface area contributed by atoms with Crippen LogP contribution in [0, 0.1) is 0 Å². The van der Waals surface area contributed by atoms with Crippen molar-refractivity contribution in [1.82, 2.24) is 4.31 Å². The van der Waals surface area contributed by atoms with Crippen LogP contribution in [0.2, 0.25) is 5.02 Å². The van der Waals surface area contributed by atoms with Crippen LogP contribution in [0.4, 0.5) is 5.69 Å². The minimum atomic E-state index is -3.64. The van der Waals surface area contributed by atoms with Crippen LogP contribution in [0.25, 0.3) is 0 Å². The van der Waals surface area contributed by atoms with Gasteiger partial charge in [-0.15, -0.1) is 0 Å². The third-order valence-corrected chi connectivity index (χ3v) is 6.64. The van der Waals surface area contributed by atoms with Gasteiger partial charge in [0.15, 0.2) is 0 Å². The van der Waals surface area contributed by atoms with E-state index in [-0.39, 0.29) is 23.4 Å². The number of carbonyl (C=O) groups is 1. The summed E-state index contributed by atoms with van der Waals surface area (Å²) >= 11 is 5.98. The zero-order valence-corrected chi connectivity index (χ0v) is 16.5. The molecule has 0 aromatic heterocycles. The van der Waals surface area contributed by atoms with Crippen LogP contribution in [0.1, 0.15) is 25.0 Å². The Kier molecular flexibility index (Phi) is 5.10. The van der Waals surface area contributed by atoms with Crippen LogP contribution in [0.15, 0.2) is 47.4 Å². The van der Waals surface area contributed by atoms with Crippen LogP contribution in [-0.2, 0) is 27.8 Å². The summed E-state index contributed by atoms with van der Waals surface area (Å²) in [6.07, 6.45) is 0.649. The van der Waals surface area contributed by atoms with E-state index in [1.165, 1.54) is 11.2 Å². The quantitative estimate of drug-likeness (QED) is 0.800. The number of rotatable bonds is 4. The fraction of sp³-hybridized carbons (Fsp3) is 0.316. The maximum atomic E-state index is 12.9. The molecule has 1 atom stereocenters. The number of benzene rings is 2. The lowest BCUT2D eigenvalue weighted by atomic mass is 10.1. The van der Waals surface area contributed by atoms with E-state index in [0.29, 0.717) is 11.4 Å². The molecule has 0 radical (unpaired) electrons. The number of halogens is 1. The molecule has 1 aliphatic heterocycles. The second kappa shape index (κ2) is 7.02. The molecule has 5 nitrogen and oxygen atoms in total. The zero-order valence-electron chi connectivity index (χ0n) is 14.9. The van der Waals surface area contributed by atoms with E-state index in [0.717, 1.165) is 16.8 Å². The van der Waals surface area contributed by atoms with Gasteiger partial charge in [-0.3, -0.25) is 4.79 Å². The largest absolute Gasteiger partial charge is 0.309 e. The predicted molar refractivity (Wildman–Crippen MR) is 103 cm³/mol. The van der Waals surface area contributed by atoms with Gasteiger partial charge in [-0.05, 0) is 54.8 Å². The van der Waals surface area contributed by atoms with Crippen molar-refractivity contribution in [2.45, 2.75) is 37.8 Å². The lowest BCUT2D eigenvalue weighted by Gasteiger charge is -2.21. The molecule has 1 amide bonds. The number of sulfonamides is 1. The first-order valence-corrected chi connectivity index (χ1v) is 10.2. The first-order valence-electron chi connectivity index (χ1n) is 8.33. The maximum absolute atomic E-state index is 12.9. The molecule has 0 bridgehead atoms. The van der Waals surface area contributed by atoms with Crippen molar-refractivity contribution in [1.29, 1.82) is 0 Å². The van der Waals surface area contributed by atoms with Crippen LogP contribution in [-0.4, -0.2) is 31.7 Å². The molecule has 0 fully saturated rings. The Balaban J connectivity index is 1.89. The normalized spacial score (nSPS) is 16.8. The lowest BCUT2D eigenvalue weighted by molar-refractivity contribution is -0.116. The summed E-state index contributed by atoms with van der Waals surface area (Å²) in [5.41, 5.74) is 2.49. The molecule has 0 spiro atoms. The highest BCUT2D eigenvalue weighted by molar-refractivity contribution is 7.89. The van der Waals surface area contributed by atoms with Crippen molar-refractivity contribution in [3.05, 3.63) is 58.6 Å². The highest BCUT2D eigenvalue weighted by atomic mass is 35.5. The van der Waals surface area contributed by atoms with E-state index in [4.69, 9.17) is 11.6 Å². The molecule has 0 saturated heterocycles. The fourth-order valence-electron chi connectivity index (χ4n) is 3.41. The van der Waals surface area contributed by atoms with Crippen molar-refractivity contribution in [3.8, 4) is 0 Å². The number of nitrogens with zero attached hydrogens (tertiary/aromatic N) is 2. The fourth-order valence-corrected chi connectivity index (χ4v) is 4.83. The van der Waals surface area contributed by atoms with Gasteiger partial charge >= 0.3 is 0 Å². The van der Waals surface area contributed by atoms with Gasteiger partial charge in [-0.2, -0.15) is 4.31 Å². The summed E-state index contributed by atoms with van der Waals surface area (Å²) in [6.45, 7) is 3.71. The van der Waals surface area contributed by atoms with Crippen molar-refractivity contribution in [3.63, 3.8) is 0 Å². The molecule has 7 heteroatoms. The van der Waals surface area contributed by atoms with Gasteiger partial charge in [0.1, 0.15) is 0 Å². The van der Waals surface area contributed by atoms with E-state index in [2.05, 4.69) is 0 Å². The standard InChI is InChI=1S/C19H21ClN2O3S/c1-13-9-16-11-18(7-8-19(16)22(13)14(2)23)26(24,25)21(3)12-15-5-4-6-17(20)10-15/h4-8,10-11,13H,9,12H2,1-3H3. The van der Waals surface area contributed by atoms with Gasteiger partial charge in [0, 0.05) is 37.3 Å². The van der Waals surface area contributed by atoms with E-state index in [1.54, 1.807) is 48.3 Å². The van der Waals surface area contributed by atoms with Crippen molar-refractivity contribution >= 4 is 33.2 Å². The summed E-state index contributed by atoms with van der Waals surface area (Å²) in [6, 6.07) is 12.1. The molecule has 1 unspecified atom stereocenters. The zero-order chi connectivity index (χ0) is 19.1. The lowest BCUT2D eigenvalue weighted by Crippen LogP contribution is -2.33. The Morgan fingerprint density at radius 3 is 2.65 bits per heavy atom. The molecule has 1 heterocycles. The Morgan fingerprint density at radius 1 is 1.27 bits per heavy atom. The average Bonchev–Trinajstić information content (AvgIpc) is 2.89. The molecule has 2 aromatic carbocycles. The van der Waals surface area contributed by atoms with Gasteiger partial charge in [0.05, 0.1) is 4.90 Å². The van der Waals surface area contributed by atoms with Gasteiger partial charge < -0.3 is 4.90 Å². The molecule has 2 aromatic rings. The Hall–Kier alpha value is -1.89. The predicted octanol–water partition coefficient (Wildman–Crippen LogP) is 3.46. The third-order valence-electron chi connectivity index (χ3n) is 4.61. The molecule has 0 N–H and O–H groups in total. The number of anilines is 1. The SMILES string of the molecule is CC(=O)N1c2ccc(S(=O)(=O)N(C)Cc3cccc(Cl)c3)cc2CC1C. The van der Waals surface area contributed by atoms with Gasteiger partial charge in [-0.25, -0.2) is 8.42 Å². The highest BCUT2D eigenvalue weighted by Crippen LogP contribution is 2.34. The van der Waals surface area contributed by atoms with E-state index in [9.17, 15) is 13.2 Å². The number of hydrogen-bond acceptors (Lipinski definition) is 3. The second-order valence-corrected chi connectivity index (χ2v) is 9.11. The van der Waals surface area contributed by atoms with Gasteiger partial charge in [0.2, 0.25) is 15.9 Å². The molecule has 3 rings (SSSR count). The number of hydrogen-bond donors (Lipinski definition) is 0. The Labute approximate surface area is 159 Å². The summed E-state index contributed by atoms with van der Waals surface area (Å²) in [7, 11) is -2.09. The van der Waals surface area contributed by atoms with Crippen LogP contribution >= 0.6 is 11.6 Å². The molecule has 0 saturated carbocycles. The summed E-state index contributed by atoms with van der Waals surface area (Å²) in [4.78, 5) is 13.8. The summed E-state index contributed by atoms with van der Waals surface area (Å²) in [5.74, 6) is -0.0371. The molecular formula is C19H21ClN2O3S. The minimum absolute atomic E-state index is 0.0321. The monoisotopic (exact) mass is 392 g/mol. The molecule has 1 aliphatic rings. The Morgan fingerprint density at radius 2 is 2.00 bits per heavy atom. The van der Waals surface area contributed by atoms with Gasteiger partial charge in [0.25, 0.3) is 0 Å². The summed E-state index contributed by atoms with van der Waals surface area (Å²) in [5, 5.41) is 0.573.